The quantitative estimate of drug-likeness (QED) is 0.645. The Morgan fingerprint density at radius 1 is 1.00 bits per heavy atom. The number of amides is 2. The summed E-state index contributed by atoms with van der Waals surface area (Å²) in [5.41, 5.74) is 1.51. The first-order chi connectivity index (χ1) is 13.7. The zero-order valence-corrected chi connectivity index (χ0v) is 17.5. The number of hydrogen-bond acceptors (Lipinski definition) is 5. The van der Waals surface area contributed by atoms with Crippen LogP contribution in [0, 0.1) is 6.92 Å². The molecule has 0 saturated heterocycles. The van der Waals surface area contributed by atoms with E-state index in [4.69, 9.17) is 4.74 Å². The molecule has 8 nitrogen and oxygen atoms in total. The van der Waals surface area contributed by atoms with Crippen LogP contribution in [0.25, 0.3) is 0 Å². The van der Waals surface area contributed by atoms with Gasteiger partial charge in [0.1, 0.15) is 5.75 Å². The molecule has 29 heavy (non-hydrogen) atoms. The minimum atomic E-state index is -3.65. The Morgan fingerprint density at radius 2 is 1.62 bits per heavy atom. The van der Waals surface area contributed by atoms with Crippen molar-refractivity contribution in [2.24, 2.45) is 0 Å². The van der Waals surface area contributed by atoms with E-state index < -0.39 is 10.0 Å². The highest BCUT2D eigenvalue weighted by Gasteiger charge is 2.14. The Labute approximate surface area is 170 Å². The van der Waals surface area contributed by atoms with E-state index in [1.165, 1.54) is 17.0 Å². The molecular formula is C20H25N3O5S. The van der Waals surface area contributed by atoms with Gasteiger partial charge >= 0.3 is 0 Å². The smallest absolute Gasteiger partial charge is 0.259 e. The van der Waals surface area contributed by atoms with Crippen LogP contribution in [-0.2, 0) is 19.6 Å². The van der Waals surface area contributed by atoms with E-state index in [9.17, 15) is 18.0 Å². The third-order valence-corrected chi connectivity index (χ3v) is 5.45. The van der Waals surface area contributed by atoms with Crippen molar-refractivity contribution < 1.29 is 22.7 Å². The molecule has 0 saturated carbocycles. The van der Waals surface area contributed by atoms with Gasteiger partial charge < -0.3 is 15.0 Å². The summed E-state index contributed by atoms with van der Waals surface area (Å²) in [6, 6.07) is 13.0. The van der Waals surface area contributed by atoms with Gasteiger partial charge in [-0.1, -0.05) is 17.7 Å². The third kappa shape index (κ3) is 7.20. The maximum absolute atomic E-state index is 12.2. The Hall–Kier alpha value is -2.91. The molecule has 0 heterocycles. The highest BCUT2D eigenvalue weighted by molar-refractivity contribution is 7.89. The largest absolute Gasteiger partial charge is 0.484 e. The molecule has 0 aromatic heterocycles. The van der Waals surface area contributed by atoms with Gasteiger partial charge in [0.2, 0.25) is 15.9 Å². The van der Waals surface area contributed by atoms with Crippen molar-refractivity contribution in [1.82, 2.24) is 9.62 Å². The first-order valence-corrected chi connectivity index (χ1v) is 10.4. The van der Waals surface area contributed by atoms with Crippen LogP contribution in [0.2, 0.25) is 0 Å². The van der Waals surface area contributed by atoms with Crippen molar-refractivity contribution in [2.75, 3.05) is 32.6 Å². The van der Waals surface area contributed by atoms with Crippen LogP contribution in [0.1, 0.15) is 12.0 Å². The van der Waals surface area contributed by atoms with Gasteiger partial charge in [-0.2, -0.15) is 0 Å². The molecule has 0 aliphatic carbocycles. The standard InChI is InChI=1S/C20H25N3O5S/c1-15-4-10-18(11-5-15)29(26,27)21-13-12-19(24)22-16-6-8-17(9-7-16)28-14-20(25)23(2)3/h4-11,21H,12-14H2,1-3H3,(H,22,24). The van der Waals surface area contributed by atoms with E-state index in [1.54, 1.807) is 50.5 Å². The number of likely N-dealkylation sites (N-methyl/N-ethyl adjacent to an activating group) is 1. The molecule has 2 aromatic rings. The van der Waals surface area contributed by atoms with Gasteiger partial charge in [-0.05, 0) is 43.3 Å². The average molecular weight is 420 g/mol. The van der Waals surface area contributed by atoms with Gasteiger partial charge in [0.25, 0.3) is 5.91 Å². The molecule has 156 valence electrons. The summed E-state index contributed by atoms with van der Waals surface area (Å²) >= 11 is 0. The second-order valence-electron chi connectivity index (χ2n) is 6.61. The zero-order chi connectivity index (χ0) is 21.4. The van der Waals surface area contributed by atoms with E-state index in [2.05, 4.69) is 10.0 Å². The number of sulfonamides is 1. The topological polar surface area (TPSA) is 105 Å². The predicted octanol–water partition coefficient (Wildman–Crippen LogP) is 1.77. The molecule has 0 aliphatic heterocycles. The zero-order valence-electron chi connectivity index (χ0n) is 16.6. The number of hydrogen-bond donors (Lipinski definition) is 2. The van der Waals surface area contributed by atoms with Gasteiger partial charge in [0.15, 0.2) is 6.61 Å². The minimum absolute atomic E-state index is 0.0132. The van der Waals surface area contributed by atoms with Crippen molar-refractivity contribution in [3.63, 3.8) is 0 Å². The van der Waals surface area contributed by atoms with E-state index in [0.29, 0.717) is 11.4 Å². The fourth-order valence-corrected chi connectivity index (χ4v) is 3.26. The fraction of sp³-hybridized carbons (Fsp3) is 0.300. The van der Waals surface area contributed by atoms with Gasteiger partial charge in [-0.25, -0.2) is 13.1 Å². The Morgan fingerprint density at radius 3 is 2.21 bits per heavy atom. The molecule has 9 heteroatoms. The maximum Gasteiger partial charge on any atom is 0.259 e. The summed E-state index contributed by atoms with van der Waals surface area (Å²) in [7, 11) is -0.360. The molecule has 2 rings (SSSR count). The summed E-state index contributed by atoms with van der Waals surface area (Å²) < 4.78 is 32.1. The number of nitrogens with zero attached hydrogens (tertiary/aromatic N) is 1. The normalized spacial score (nSPS) is 11.0. The van der Waals surface area contributed by atoms with Gasteiger partial charge in [-0.3, -0.25) is 9.59 Å². The Kier molecular flexibility index (Phi) is 7.74. The minimum Gasteiger partial charge on any atom is -0.484 e. The molecule has 0 bridgehead atoms. The van der Waals surface area contributed by atoms with Crippen molar-refractivity contribution in [1.29, 1.82) is 0 Å². The maximum atomic E-state index is 12.2. The number of nitrogens with one attached hydrogen (secondary N) is 2. The molecule has 0 radical (unpaired) electrons. The van der Waals surface area contributed by atoms with Crippen LogP contribution in [0.5, 0.6) is 5.75 Å². The second kappa shape index (κ2) is 10.0. The summed E-state index contributed by atoms with van der Waals surface area (Å²) in [5, 5.41) is 2.68. The van der Waals surface area contributed by atoms with Gasteiger partial charge in [0, 0.05) is 32.7 Å². The molecule has 0 aliphatic rings. The van der Waals surface area contributed by atoms with Crippen molar-refractivity contribution in [3.05, 3.63) is 54.1 Å². The third-order valence-electron chi connectivity index (χ3n) is 3.97. The van der Waals surface area contributed by atoms with Gasteiger partial charge in [-0.15, -0.1) is 0 Å². The molecule has 0 spiro atoms. The lowest BCUT2D eigenvalue weighted by Gasteiger charge is -2.12. The van der Waals surface area contributed by atoms with Crippen molar-refractivity contribution >= 4 is 27.5 Å². The number of carbonyl (C=O) groups is 2. The number of rotatable bonds is 9. The Bertz CT molecular complexity index is 939. The van der Waals surface area contributed by atoms with Crippen molar-refractivity contribution in [2.45, 2.75) is 18.2 Å². The van der Waals surface area contributed by atoms with E-state index in [0.717, 1.165) is 5.56 Å². The van der Waals surface area contributed by atoms with Crippen LogP contribution in [0.15, 0.2) is 53.4 Å². The van der Waals surface area contributed by atoms with E-state index in [-0.39, 0.29) is 36.3 Å². The molecule has 0 fully saturated rings. The van der Waals surface area contributed by atoms with Crippen LogP contribution < -0.4 is 14.8 Å². The number of benzene rings is 2. The molecule has 0 atom stereocenters. The predicted molar refractivity (Wildman–Crippen MR) is 110 cm³/mol. The van der Waals surface area contributed by atoms with E-state index >= 15 is 0 Å². The first-order valence-electron chi connectivity index (χ1n) is 8.96. The van der Waals surface area contributed by atoms with Crippen LogP contribution in [0.4, 0.5) is 5.69 Å². The molecule has 2 amide bonds. The molecule has 2 N–H and O–H groups in total. The molecular weight excluding hydrogens is 394 g/mol. The summed E-state index contributed by atoms with van der Waals surface area (Å²) in [6.45, 7) is 1.78. The fourth-order valence-electron chi connectivity index (χ4n) is 2.23. The lowest BCUT2D eigenvalue weighted by atomic mass is 10.2. The monoisotopic (exact) mass is 419 g/mol. The summed E-state index contributed by atoms with van der Waals surface area (Å²) in [4.78, 5) is 25.1. The molecule has 0 unspecified atom stereocenters. The van der Waals surface area contributed by atoms with Crippen LogP contribution >= 0.6 is 0 Å². The number of ether oxygens (including phenoxy) is 1. The van der Waals surface area contributed by atoms with Crippen LogP contribution in [-0.4, -0.2) is 52.4 Å². The number of carbonyl (C=O) groups excluding carboxylic acids is 2. The highest BCUT2D eigenvalue weighted by atomic mass is 32.2. The summed E-state index contributed by atoms with van der Waals surface area (Å²) in [5.74, 6) is 0.0209. The van der Waals surface area contributed by atoms with Crippen molar-refractivity contribution in [3.8, 4) is 5.75 Å². The van der Waals surface area contributed by atoms with E-state index in [1.807, 2.05) is 6.92 Å². The SMILES string of the molecule is Cc1ccc(S(=O)(=O)NCCC(=O)Nc2ccc(OCC(=O)N(C)C)cc2)cc1. The number of anilines is 1. The second-order valence-corrected chi connectivity index (χ2v) is 8.38. The van der Waals surface area contributed by atoms with Gasteiger partial charge in [0.05, 0.1) is 4.90 Å². The highest BCUT2D eigenvalue weighted by Crippen LogP contribution is 2.16. The number of aryl methyl sites for hydroxylation is 1. The average Bonchev–Trinajstić information content (AvgIpc) is 2.67. The lowest BCUT2D eigenvalue weighted by Crippen LogP contribution is -2.28. The lowest BCUT2D eigenvalue weighted by molar-refractivity contribution is -0.130. The Balaban J connectivity index is 1.79. The summed E-state index contributed by atoms with van der Waals surface area (Å²) in [6.07, 6.45) is -0.0132. The first kappa shape index (κ1) is 22.4. The molecule has 2 aromatic carbocycles. The van der Waals surface area contributed by atoms with Crippen LogP contribution in [0.3, 0.4) is 0 Å².